The average Bonchev–Trinajstić information content (AvgIpc) is 2.68. The zero-order valence-electron chi connectivity index (χ0n) is 14.0. The molecule has 134 valence electrons. The van der Waals surface area contributed by atoms with E-state index in [2.05, 4.69) is 5.32 Å². The van der Waals surface area contributed by atoms with Crippen molar-refractivity contribution in [2.75, 3.05) is 5.32 Å². The molecule has 0 saturated carbocycles. The minimum absolute atomic E-state index is 0.101. The van der Waals surface area contributed by atoms with E-state index in [1.165, 1.54) is 30.3 Å². The summed E-state index contributed by atoms with van der Waals surface area (Å²) in [5.74, 6) is -2.55. The summed E-state index contributed by atoms with van der Waals surface area (Å²) in [7, 11) is 0. The third-order valence-electron chi connectivity index (χ3n) is 4.01. The number of rotatable bonds is 5. The van der Waals surface area contributed by atoms with Crippen LogP contribution in [-0.2, 0) is 0 Å². The Kier molecular flexibility index (Phi) is 4.99. The van der Waals surface area contributed by atoms with Gasteiger partial charge in [0.25, 0.3) is 5.91 Å². The van der Waals surface area contributed by atoms with Gasteiger partial charge in [-0.2, -0.15) is 0 Å². The van der Waals surface area contributed by atoms with E-state index in [9.17, 15) is 19.5 Å². The Bertz CT molecular complexity index is 1020. The number of aromatic carboxylic acids is 2. The van der Waals surface area contributed by atoms with E-state index in [-0.39, 0.29) is 11.1 Å². The van der Waals surface area contributed by atoms with E-state index >= 15 is 0 Å². The van der Waals surface area contributed by atoms with Crippen LogP contribution in [0.5, 0.6) is 0 Å². The van der Waals surface area contributed by atoms with Gasteiger partial charge >= 0.3 is 11.9 Å². The molecule has 0 saturated heterocycles. The maximum Gasteiger partial charge on any atom is 0.336 e. The van der Waals surface area contributed by atoms with E-state index < -0.39 is 17.8 Å². The Morgan fingerprint density at radius 1 is 0.630 bits per heavy atom. The second-order valence-electron chi connectivity index (χ2n) is 5.73. The van der Waals surface area contributed by atoms with E-state index in [1.807, 2.05) is 0 Å². The highest BCUT2D eigenvalue weighted by molar-refractivity contribution is 6.10. The molecule has 3 rings (SSSR count). The summed E-state index contributed by atoms with van der Waals surface area (Å²) in [6.07, 6.45) is 0. The van der Waals surface area contributed by atoms with E-state index in [4.69, 9.17) is 5.11 Å². The van der Waals surface area contributed by atoms with Crippen molar-refractivity contribution in [3.05, 3.63) is 89.5 Å². The van der Waals surface area contributed by atoms with Crippen molar-refractivity contribution in [2.24, 2.45) is 0 Å². The number of carbonyl (C=O) groups is 3. The van der Waals surface area contributed by atoms with E-state index in [0.717, 1.165) is 0 Å². The highest BCUT2D eigenvalue weighted by atomic mass is 16.4. The van der Waals surface area contributed by atoms with Gasteiger partial charge in [-0.25, -0.2) is 9.59 Å². The minimum atomic E-state index is -1.08. The highest BCUT2D eigenvalue weighted by Gasteiger charge is 2.17. The van der Waals surface area contributed by atoms with Gasteiger partial charge in [0, 0.05) is 11.3 Å². The van der Waals surface area contributed by atoms with Gasteiger partial charge in [0.15, 0.2) is 0 Å². The fourth-order valence-corrected chi connectivity index (χ4v) is 2.72. The number of carbonyl (C=O) groups excluding carboxylic acids is 1. The van der Waals surface area contributed by atoms with Crippen LogP contribution in [0.15, 0.2) is 72.8 Å². The second-order valence-corrected chi connectivity index (χ2v) is 5.73. The lowest BCUT2D eigenvalue weighted by atomic mass is 9.95. The summed E-state index contributed by atoms with van der Waals surface area (Å²) in [4.78, 5) is 35.1. The van der Waals surface area contributed by atoms with Gasteiger partial charge in [0.2, 0.25) is 0 Å². The van der Waals surface area contributed by atoms with Gasteiger partial charge in [-0.15, -0.1) is 0 Å². The van der Waals surface area contributed by atoms with Crippen molar-refractivity contribution in [1.29, 1.82) is 0 Å². The summed E-state index contributed by atoms with van der Waals surface area (Å²) in [5.41, 5.74) is 1.90. The van der Waals surface area contributed by atoms with Crippen LogP contribution < -0.4 is 5.32 Å². The van der Waals surface area contributed by atoms with Crippen molar-refractivity contribution in [2.45, 2.75) is 0 Å². The SMILES string of the molecule is O=C(O)c1ccc(NC(=O)c2ccccc2-c2ccccc2C(=O)O)cc1. The molecule has 6 heteroatoms. The molecule has 3 aromatic rings. The van der Waals surface area contributed by atoms with Gasteiger partial charge < -0.3 is 15.5 Å². The first-order valence-electron chi connectivity index (χ1n) is 8.04. The van der Waals surface area contributed by atoms with Gasteiger partial charge in [-0.1, -0.05) is 36.4 Å². The lowest BCUT2D eigenvalue weighted by Crippen LogP contribution is -2.14. The molecule has 0 aliphatic rings. The molecule has 1 amide bonds. The first kappa shape index (κ1) is 17.9. The molecular formula is C21H15NO5. The molecular weight excluding hydrogens is 346 g/mol. The Morgan fingerprint density at radius 3 is 1.70 bits per heavy atom. The van der Waals surface area contributed by atoms with Crippen LogP contribution in [-0.4, -0.2) is 28.1 Å². The van der Waals surface area contributed by atoms with E-state index in [0.29, 0.717) is 22.4 Å². The number of hydrogen-bond acceptors (Lipinski definition) is 3. The van der Waals surface area contributed by atoms with Crippen molar-refractivity contribution >= 4 is 23.5 Å². The molecule has 6 nitrogen and oxygen atoms in total. The lowest BCUT2D eigenvalue weighted by molar-refractivity contribution is 0.0686. The molecule has 0 unspecified atom stereocenters. The van der Waals surface area contributed by atoms with Crippen LogP contribution in [0, 0.1) is 0 Å². The van der Waals surface area contributed by atoms with Gasteiger partial charge in [-0.05, 0) is 47.5 Å². The largest absolute Gasteiger partial charge is 0.478 e. The molecule has 0 aromatic heterocycles. The molecule has 0 atom stereocenters. The maximum atomic E-state index is 12.7. The molecule has 0 radical (unpaired) electrons. The fraction of sp³-hybridized carbons (Fsp3) is 0. The van der Waals surface area contributed by atoms with Crippen LogP contribution in [0.3, 0.4) is 0 Å². The quantitative estimate of drug-likeness (QED) is 0.637. The van der Waals surface area contributed by atoms with Gasteiger partial charge in [0.05, 0.1) is 11.1 Å². The topological polar surface area (TPSA) is 104 Å². The minimum Gasteiger partial charge on any atom is -0.478 e. The predicted octanol–water partition coefficient (Wildman–Crippen LogP) is 4.00. The third-order valence-corrected chi connectivity index (χ3v) is 4.01. The third kappa shape index (κ3) is 3.85. The Hall–Kier alpha value is -3.93. The first-order valence-corrected chi connectivity index (χ1v) is 8.04. The zero-order valence-corrected chi connectivity index (χ0v) is 14.0. The molecule has 3 N–H and O–H groups in total. The first-order chi connectivity index (χ1) is 13.0. The maximum absolute atomic E-state index is 12.7. The molecule has 0 fully saturated rings. The molecule has 3 aromatic carbocycles. The van der Waals surface area contributed by atoms with Crippen molar-refractivity contribution in [3.8, 4) is 11.1 Å². The lowest BCUT2D eigenvalue weighted by Gasteiger charge is -2.12. The summed E-state index contributed by atoms with van der Waals surface area (Å²) in [6.45, 7) is 0. The fourth-order valence-electron chi connectivity index (χ4n) is 2.72. The Balaban J connectivity index is 1.95. The van der Waals surface area contributed by atoms with Crippen LogP contribution in [0.1, 0.15) is 31.1 Å². The molecule has 0 bridgehead atoms. The second kappa shape index (κ2) is 7.53. The number of benzene rings is 3. The van der Waals surface area contributed by atoms with Crippen LogP contribution in [0.25, 0.3) is 11.1 Å². The van der Waals surface area contributed by atoms with Crippen molar-refractivity contribution in [1.82, 2.24) is 0 Å². The summed E-state index contributed by atoms with van der Waals surface area (Å²) < 4.78 is 0. The molecule has 27 heavy (non-hydrogen) atoms. The summed E-state index contributed by atoms with van der Waals surface area (Å²) in [5, 5.41) is 21.1. The molecule has 0 spiro atoms. The normalized spacial score (nSPS) is 10.2. The predicted molar refractivity (Wildman–Crippen MR) is 100 cm³/mol. The standard InChI is InChI=1S/C21H15NO5/c23-19(22-14-11-9-13(10-12-14)20(24)25)17-7-3-1-5-15(17)16-6-2-4-8-18(16)21(26)27/h1-12H,(H,22,23)(H,24,25)(H,26,27). The highest BCUT2D eigenvalue weighted by Crippen LogP contribution is 2.28. The summed E-state index contributed by atoms with van der Waals surface area (Å²) >= 11 is 0. The van der Waals surface area contributed by atoms with E-state index in [1.54, 1.807) is 42.5 Å². The number of anilines is 1. The monoisotopic (exact) mass is 361 g/mol. The van der Waals surface area contributed by atoms with Crippen LogP contribution >= 0.6 is 0 Å². The van der Waals surface area contributed by atoms with Crippen LogP contribution in [0.2, 0.25) is 0 Å². The Morgan fingerprint density at radius 2 is 1.15 bits per heavy atom. The Labute approximate surface area is 154 Å². The zero-order chi connectivity index (χ0) is 19.4. The van der Waals surface area contributed by atoms with Crippen molar-refractivity contribution in [3.63, 3.8) is 0 Å². The van der Waals surface area contributed by atoms with Gasteiger partial charge in [-0.3, -0.25) is 4.79 Å². The molecule has 0 heterocycles. The average molecular weight is 361 g/mol. The number of carboxylic acids is 2. The number of hydrogen-bond donors (Lipinski definition) is 3. The molecule has 0 aliphatic carbocycles. The van der Waals surface area contributed by atoms with Crippen molar-refractivity contribution < 1.29 is 24.6 Å². The molecule has 0 aliphatic heterocycles. The number of nitrogens with one attached hydrogen (secondary N) is 1. The summed E-state index contributed by atoms with van der Waals surface area (Å²) in [6, 6.07) is 19.0. The smallest absolute Gasteiger partial charge is 0.336 e. The number of carboxylic acid groups (broad SMARTS) is 2. The number of amides is 1. The van der Waals surface area contributed by atoms with Gasteiger partial charge in [0.1, 0.15) is 0 Å². The van der Waals surface area contributed by atoms with Crippen LogP contribution in [0.4, 0.5) is 5.69 Å².